The van der Waals surface area contributed by atoms with E-state index in [4.69, 9.17) is 0 Å². The van der Waals surface area contributed by atoms with E-state index in [0.717, 1.165) is 6.07 Å². The van der Waals surface area contributed by atoms with Crippen LogP contribution in [0.3, 0.4) is 0 Å². The van der Waals surface area contributed by atoms with Gasteiger partial charge in [-0.1, -0.05) is 18.2 Å². The Morgan fingerprint density at radius 3 is 2.68 bits per heavy atom. The first-order valence-corrected chi connectivity index (χ1v) is 5.86. The van der Waals surface area contributed by atoms with Gasteiger partial charge < -0.3 is 10.3 Å². The van der Waals surface area contributed by atoms with E-state index < -0.39 is 11.7 Å². The van der Waals surface area contributed by atoms with Gasteiger partial charge in [-0.2, -0.15) is 13.2 Å². The number of rotatable bonds is 4. The highest BCUT2D eigenvalue weighted by atomic mass is 19.4. The highest BCUT2D eigenvalue weighted by Gasteiger charge is 2.32. The molecule has 2 N–H and O–H groups in total. The summed E-state index contributed by atoms with van der Waals surface area (Å²) in [5.74, 6) is 0.699. The van der Waals surface area contributed by atoms with Crippen LogP contribution in [0.25, 0.3) is 0 Å². The summed E-state index contributed by atoms with van der Waals surface area (Å²) in [5, 5.41) is 3.02. The van der Waals surface area contributed by atoms with E-state index in [1.807, 2.05) is 6.92 Å². The molecule has 6 heteroatoms. The van der Waals surface area contributed by atoms with Gasteiger partial charge in [0.15, 0.2) is 0 Å². The molecule has 0 bridgehead atoms. The maximum absolute atomic E-state index is 12.8. The van der Waals surface area contributed by atoms with Crippen molar-refractivity contribution in [3.8, 4) is 0 Å². The van der Waals surface area contributed by atoms with Gasteiger partial charge in [-0.3, -0.25) is 0 Å². The van der Waals surface area contributed by atoms with Gasteiger partial charge >= 0.3 is 6.18 Å². The summed E-state index contributed by atoms with van der Waals surface area (Å²) < 4.78 is 38.4. The molecule has 1 aromatic carbocycles. The lowest BCUT2D eigenvalue weighted by molar-refractivity contribution is -0.138. The topological polar surface area (TPSA) is 40.7 Å². The number of nitrogens with zero attached hydrogens (tertiary/aromatic N) is 1. The standard InChI is InChI=1S/C13H14F3N3/c1-9(12-17-6-7-18-12)19-8-10-4-2-3-5-11(10)13(14,15)16/h2-7,9,19H,8H2,1H3,(H,17,18). The summed E-state index contributed by atoms with van der Waals surface area (Å²) in [6.07, 6.45) is -1.04. The Kier molecular flexibility index (Phi) is 3.90. The van der Waals surface area contributed by atoms with E-state index in [2.05, 4.69) is 15.3 Å². The number of alkyl halides is 3. The summed E-state index contributed by atoms with van der Waals surface area (Å²) in [5.41, 5.74) is -0.373. The van der Waals surface area contributed by atoms with Crippen LogP contribution in [0.5, 0.6) is 0 Å². The molecule has 2 aromatic rings. The average molecular weight is 269 g/mol. The number of benzene rings is 1. The molecule has 19 heavy (non-hydrogen) atoms. The fraction of sp³-hybridized carbons (Fsp3) is 0.308. The quantitative estimate of drug-likeness (QED) is 0.894. The number of hydrogen-bond acceptors (Lipinski definition) is 2. The first kappa shape index (κ1) is 13.6. The van der Waals surface area contributed by atoms with Gasteiger partial charge in [0, 0.05) is 18.9 Å². The molecule has 1 unspecified atom stereocenters. The monoisotopic (exact) mass is 269 g/mol. The van der Waals surface area contributed by atoms with Crippen molar-refractivity contribution >= 4 is 0 Å². The molecular weight excluding hydrogens is 255 g/mol. The number of nitrogens with one attached hydrogen (secondary N) is 2. The minimum absolute atomic E-state index is 0.136. The van der Waals surface area contributed by atoms with Gasteiger partial charge in [0.2, 0.25) is 0 Å². The molecule has 1 atom stereocenters. The normalized spacial score (nSPS) is 13.5. The molecule has 0 aliphatic rings. The zero-order valence-corrected chi connectivity index (χ0v) is 10.3. The molecule has 3 nitrogen and oxygen atoms in total. The van der Waals surface area contributed by atoms with Crippen molar-refractivity contribution in [1.29, 1.82) is 0 Å². The van der Waals surface area contributed by atoms with E-state index in [9.17, 15) is 13.2 Å². The third-order valence-corrected chi connectivity index (χ3v) is 2.85. The highest BCUT2D eigenvalue weighted by Crippen LogP contribution is 2.31. The third-order valence-electron chi connectivity index (χ3n) is 2.85. The average Bonchev–Trinajstić information content (AvgIpc) is 2.89. The zero-order chi connectivity index (χ0) is 13.9. The van der Waals surface area contributed by atoms with Crippen LogP contribution < -0.4 is 5.32 Å². The van der Waals surface area contributed by atoms with Crippen LogP contribution in [0, 0.1) is 0 Å². The molecule has 0 saturated carbocycles. The Bertz CT molecular complexity index is 520. The predicted octanol–water partition coefficient (Wildman–Crippen LogP) is 3.28. The lowest BCUT2D eigenvalue weighted by atomic mass is 10.1. The van der Waals surface area contributed by atoms with Gasteiger partial charge in [0.25, 0.3) is 0 Å². The zero-order valence-electron chi connectivity index (χ0n) is 10.3. The Labute approximate surface area is 108 Å². The molecule has 0 spiro atoms. The first-order chi connectivity index (χ1) is 8.98. The van der Waals surface area contributed by atoms with Crippen LogP contribution in [-0.2, 0) is 12.7 Å². The minimum Gasteiger partial charge on any atom is -0.347 e. The first-order valence-electron chi connectivity index (χ1n) is 5.86. The predicted molar refractivity (Wildman–Crippen MR) is 65.3 cm³/mol. The van der Waals surface area contributed by atoms with E-state index in [1.165, 1.54) is 12.1 Å². The van der Waals surface area contributed by atoms with Crippen molar-refractivity contribution in [2.24, 2.45) is 0 Å². The maximum atomic E-state index is 12.8. The third kappa shape index (κ3) is 3.35. The summed E-state index contributed by atoms with van der Waals surface area (Å²) in [6, 6.07) is 5.42. The van der Waals surface area contributed by atoms with Gasteiger partial charge in [-0.15, -0.1) is 0 Å². The van der Waals surface area contributed by atoms with Crippen LogP contribution in [0.1, 0.15) is 29.9 Å². The molecule has 0 saturated heterocycles. The molecule has 0 radical (unpaired) electrons. The number of halogens is 3. The van der Waals surface area contributed by atoms with Crippen LogP contribution >= 0.6 is 0 Å². The smallest absolute Gasteiger partial charge is 0.347 e. The van der Waals surface area contributed by atoms with Gasteiger partial charge in [-0.25, -0.2) is 4.98 Å². The number of H-pyrrole nitrogens is 1. The van der Waals surface area contributed by atoms with Gasteiger partial charge in [-0.05, 0) is 18.6 Å². The maximum Gasteiger partial charge on any atom is 0.416 e. The second-order valence-electron chi connectivity index (χ2n) is 4.23. The molecule has 1 aromatic heterocycles. The highest BCUT2D eigenvalue weighted by molar-refractivity contribution is 5.29. The van der Waals surface area contributed by atoms with Crippen molar-refractivity contribution in [2.75, 3.05) is 0 Å². The van der Waals surface area contributed by atoms with Crippen molar-refractivity contribution in [1.82, 2.24) is 15.3 Å². The molecule has 1 heterocycles. The fourth-order valence-corrected chi connectivity index (χ4v) is 1.83. The second kappa shape index (κ2) is 5.44. The SMILES string of the molecule is CC(NCc1ccccc1C(F)(F)F)c1ncc[nH]1. The summed E-state index contributed by atoms with van der Waals surface area (Å²) in [7, 11) is 0. The van der Waals surface area contributed by atoms with Crippen molar-refractivity contribution in [3.63, 3.8) is 0 Å². The lowest BCUT2D eigenvalue weighted by Gasteiger charge is -2.15. The van der Waals surface area contributed by atoms with Crippen molar-refractivity contribution in [3.05, 3.63) is 53.6 Å². The van der Waals surface area contributed by atoms with Gasteiger partial charge in [0.05, 0.1) is 11.6 Å². The van der Waals surface area contributed by atoms with E-state index >= 15 is 0 Å². The van der Waals surface area contributed by atoms with Gasteiger partial charge in [0.1, 0.15) is 5.82 Å². The molecule has 0 amide bonds. The summed E-state index contributed by atoms with van der Waals surface area (Å²) in [4.78, 5) is 6.98. The van der Waals surface area contributed by atoms with E-state index in [-0.39, 0.29) is 18.2 Å². The molecule has 0 fully saturated rings. The lowest BCUT2D eigenvalue weighted by Crippen LogP contribution is -2.21. The number of aromatic nitrogens is 2. The summed E-state index contributed by atoms with van der Waals surface area (Å²) in [6.45, 7) is 1.98. The Morgan fingerprint density at radius 2 is 2.05 bits per heavy atom. The van der Waals surface area contributed by atoms with Crippen LogP contribution in [0.2, 0.25) is 0 Å². The van der Waals surface area contributed by atoms with Crippen LogP contribution in [0.15, 0.2) is 36.7 Å². The van der Waals surface area contributed by atoms with Crippen molar-refractivity contribution in [2.45, 2.75) is 25.7 Å². The molecule has 0 aliphatic carbocycles. The van der Waals surface area contributed by atoms with E-state index in [0.29, 0.717) is 5.82 Å². The number of imidazole rings is 1. The molecule has 2 rings (SSSR count). The molecule has 102 valence electrons. The minimum atomic E-state index is -4.33. The summed E-state index contributed by atoms with van der Waals surface area (Å²) >= 11 is 0. The Hall–Kier alpha value is -1.82. The fourth-order valence-electron chi connectivity index (χ4n) is 1.83. The van der Waals surface area contributed by atoms with Crippen molar-refractivity contribution < 1.29 is 13.2 Å². The molecular formula is C13H14F3N3. The number of aromatic amines is 1. The second-order valence-corrected chi connectivity index (χ2v) is 4.23. The largest absolute Gasteiger partial charge is 0.416 e. The number of hydrogen-bond donors (Lipinski definition) is 2. The van der Waals surface area contributed by atoms with E-state index in [1.54, 1.807) is 18.5 Å². The van der Waals surface area contributed by atoms with Crippen LogP contribution in [-0.4, -0.2) is 9.97 Å². The molecule has 0 aliphatic heterocycles. The van der Waals surface area contributed by atoms with Crippen LogP contribution in [0.4, 0.5) is 13.2 Å². The Morgan fingerprint density at radius 1 is 1.32 bits per heavy atom. The Balaban J connectivity index is 2.08.